The summed E-state index contributed by atoms with van der Waals surface area (Å²) in [5.41, 5.74) is 24.1. The van der Waals surface area contributed by atoms with Crippen molar-refractivity contribution in [2.24, 2.45) is 0 Å². The minimum Gasteiger partial charge on any atom is -0.456 e. The van der Waals surface area contributed by atoms with Crippen LogP contribution in [-0.2, 0) is 0 Å². The minimum atomic E-state index is 0.844. The third-order valence-electron chi connectivity index (χ3n) is 22.2. The molecule has 24 rings (SSSR count). The highest BCUT2D eigenvalue weighted by Gasteiger charge is 2.27. The minimum absolute atomic E-state index is 0.844. The highest BCUT2D eigenvalue weighted by Crippen LogP contribution is 2.53. The number of hydrogen-bond donors (Lipinski definition) is 0. The Bertz CT molecular complexity index is 7710. The van der Waals surface area contributed by atoms with Crippen molar-refractivity contribution in [3.63, 3.8) is 0 Å². The van der Waals surface area contributed by atoms with Gasteiger partial charge < -0.3 is 26.5 Å². The molecule has 6 heteroatoms. The van der Waals surface area contributed by atoms with Gasteiger partial charge in [-0.05, 0) is 131 Å². The topological polar surface area (TPSA) is 78.8 Å². The molecular weight excluding hydrogens is 1300 g/mol. The van der Waals surface area contributed by atoms with Gasteiger partial charge >= 0.3 is 0 Å². The van der Waals surface area contributed by atoms with E-state index in [0.29, 0.717) is 0 Å². The summed E-state index contributed by atoms with van der Waals surface area (Å²) in [6.45, 7) is 0. The smallest absolute Gasteiger partial charge is 0.143 e. The van der Waals surface area contributed by atoms with Crippen LogP contribution in [0.5, 0.6) is 0 Å². The fourth-order valence-electron chi connectivity index (χ4n) is 17.7. The zero-order valence-corrected chi connectivity index (χ0v) is 56.8. The van der Waals surface area contributed by atoms with Crippen LogP contribution in [0.4, 0.5) is 0 Å². The lowest BCUT2D eigenvalue weighted by Gasteiger charge is -2.18. The number of para-hydroxylation sites is 6. The van der Waals surface area contributed by atoms with Gasteiger partial charge in [0, 0.05) is 98.0 Å². The fourth-order valence-corrected chi connectivity index (χ4v) is 17.7. The van der Waals surface area contributed by atoms with Gasteiger partial charge in [-0.2, -0.15) is 0 Å². The Labute approximate surface area is 604 Å². The maximum absolute atomic E-state index is 6.93. The van der Waals surface area contributed by atoms with Gasteiger partial charge in [-0.3, -0.25) is 0 Å². The fraction of sp³-hybridized carbons (Fsp3) is 0. The summed E-state index contributed by atoms with van der Waals surface area (Å²) in [6.07, 6.45) is 0. The predicted octanol–water partition coefficient (Wildman–Crippen LogP) is 29.4. The van der Waals surface area contributed by atoms with E-state index in [9.17, 15) is 0 Å². The second-order valence-electron chi connectivity index (χ2n) is 27.8. The summed E-state index contributed by atoms with van der Waals surface area (Å²) in [7, 11) is 0. The van der Waals surface area contributed by atoms with Crippen LogP contribution in [0.2, 0.25) is 0 Å². The lowest BCUT2D eigenvalue weighted by molar-refractivity contribution is 0.664. The number of fused-ring (bicyclic) bond motifs is 24. The van der Waals surface area contributed by atoms with Crippen LogP contribution < -0.4 is 0 Å². The van der Waals surface area contributed by atoms with E-state index in [4.69, 9.17) is 26.5 Å². The number of rotatable bonds is 6. The Morgan fingerprint density at radius 3 is 0.840 bits per heavy atom. The van der Waals surface area contributed by atoms with Gasteiger partial charge in [-0.15, -0.1) is 0 Å². The van der Waals surface area contributed by atoms with Crippen LogP contribution in [0.25, 0.3) is 241 Å². The second-order valence-corrected chi connectivity index (χ2v) is 27.8. The van der Waals surface area contributed by atoms with Crippen LogP contribution in [0.15, 0.2) is 366 Å². The molecule has 106 heavy (non-hydrogen) atoms. The van der Waals surface area contributed by atoms with Crippen molar-refractivity contribution < 1.29 is 26.5 Å². The van der Waals surface area contributed by atoms with Gasteiger partial charge in [0.15, 0.2) is 0 Å². The lowest BCUT2D eigenvalue weighted by atomic mass is 9.84. The van der Waals surface area contributed by atoms with Gasteiger partial charge in [0.1, 0.15) is 67.0 Å². The van der Waals surface area contributed by atoms with E-state index < -0.39 is 0 Å². The van der Waals surface area contributed by atoms with E-state index in [0.717, 1.165) is 182 Å². The van der Waals surface area contributed by atoms with E-state index >= 15 is 0 Å². The van der Waals surface area contributed by atoms with Gasteiger partial charge in [-0.1, -0.05) is 285 Å². The lowest BCUT2D eigenvalue weighted by Crippen LogP contribution is -1.91. The standard InChI is InChI=1S/2C50H28O3/c1-2-13-29(14-3-1)30-20-10-23-38-47-42(52-49(30)38)27-28-43-48(47)39-24-11-22-37(50(39)53-43)45-33-17-6-4-15-31(33)44(32-16-5-7-18-34(32)45)36-21-12-26-41-46(36)35-19-8-9-25-40(35)51-41;1-2-12-29(13-3-1)31-19-10-21-38-47-43(52-49(31)38)26-27-44-48(47)39-22-11-20-37(50(39)53-44)46-35-17-6-4-15-33(35)45(34-16-5-7-18-36(34)46)30-24-25-42-40(28-30)32-14-8-9-23-41(32)51-42/h2*1-28H. The van der Waals surface area contributed by atoms with E-state index in [-0.39, 0.29) is 0 Å². The SMILES string of the molecule is c1ccc(-c2cccc3c2oc2ccc4oc5c(-c6c7ccccc7c(-c7ccc8oc9ccccc9c8c7)c7ccccc67)cccc5c4c23)cc1.c1ccc(-c2cccc3c2oc2ccc4oc5c(-c6c7ccccc7c(-c7cccc8oc9ccccc9c78)c7ccccc67)cccc5c4c23)cc1. The highest BCUT2D eigenvalue weighted by molar-refractivity contribution is 6.33. The van der Waals surface area contributed by atoms with Crippen LogP contribution in [0.1, 0.15) is 0 Å². The quantitative estimate of drug-likeness (QED) is 0.154. The maximum Gasteiger partial charge on any atom is 0.143 e. The van der Waals surface area contributed by atoms with Crippen LogP contribution in [-0.4, -0.2) is 0 Å². The zero-order chi connectivity index (χ0) is 69.2. The molecule has 18 aromatic carbocycles. The van der Waals surface area contributed by atoms with E-state index in [1.165, 1.54) is 59.8 Å². The first-order chi connectivity index (χ1) is 52.6. The molecule has 0 aliphatic carbocycles. The Morgan fingerprint density at radius 2 is 0.406 bits per heavy atom. The van der Waals surface area contributed by atoms with E-state index in [1.54, 1.807) is 0 Å². The maximum atomic E-state index is 6.93. The molecule has 492 valence electrons. The Morgan fingerprint density at radius 1 is 0.132 bits per heavy atom. The summed E-state index contributed by atoms with van der Waals surface area (Å²) in [5.74, 6) is 0. The van der Waals surface area contributed by atoms with Gasteiger partial charge in [0.05, 0.1) is 0 Å². The van der Waals surface area contributed by atoms with E-state index in [1.807, 2.05) is 42.5 Å². The molecule has 0 spiro atoms. The van der Waals surface area contributed by atoms with Crippen molar-refractivity contribution in [2.75, 3.05) is 0 Å². The third-order valence-corrected chi connectivity index (χ3v) is 22.2. The van der Waals surface area contributed by atoms with Crippen molar-refractivity contribution in [1.29, 1.82) is 0 Å². The van der Waals surface area contributed by atoms with Gasteiger partial charge in [0.25, 0.3) is 0 Å². The Hall–Kier alpha value is -14.2. The molecule has 0 aliphatic heterocycles. The average molecular weight is 1350 g/mol. The van der Waals surface area contributed by atoms with Crippen LogP contribution in [0.3, 0.4) is 0 Å². The second kappa shape index (κ2) is 22.6. The molecular formula is C100H56O6. The molecule has 0 unspecified atom stereocenters. The first-order valence-corrected chi connectivity index (χ1v) is 36.0. The Balaban J connectivity index is 0.000000129. The first kappa shape index (κ1) is 58.4. The van der Waals surface area contributed by atoms with Crippen molar-refractivity contribution in [3.05, 3.63) is 340 Å². The number of hydrogen-bond acceptors (Lipinski definition) is 6. The van der Waals surface area contributed by atoms with Crippen molar-refractivity contribution in [2.45, 2.75) is 0 Å². The van der Waals surface area contributed by atoms with Crippen LogP contribution in [0, 0.1) is 0 Å². The molecule has 0 saturated carbocycles. The molecule has 6 aromatic heterocycles. The molecule has 6 heterocycles. The molecule has 0 bridgehead atoms. The molecule has 24 aromatic rings. The van der Waals surface area contributed by atoms with E-state index in [2.05, 4.69) is 297 Å². The van der Waals surface area contributed by atoms with Crippen LogP contribution >= 0.6 is 0 Å². The molecule has 0 aliphatic rings. The van der Waals surface area contributed by atoms with Gasteiger partial charge in [0.2, 0.25) is 0 Å². The normalized spacial score (nSPS) is 12.2. The first-order valence-electron chi connectivity index (χ1n) is 36.0. The van der Waals surface area contributed by atoms with Crippen molar-refractivity contribution in [1.82, 2.24) is 0 Å². The molecule has 6 nitrogen and oxygen atoms in total. The predicted molar refractivity (Wildman–Crippen MR) is 439 cm³/mol. The largest absolute Gasteiger partial charge is 0.456 e. The molecule has 0 radical (unpaired) electrons. The molecule has 0 atom stereocenters. The molecule has 0 amide bonds. The van der Waals surface area contributed by atoms with Gasteiger partial charge in [-0.25, -0.2) is 0 Å². The summed E-state index contributed by atoms with van der Waals surface area (Å²) < 4.78 is 39.7. The highest BCUT2D eigenvalue weighted by atomic mass is 16.4. The summed E-state index contributed by atoms with van der Waals surface area (Å²) in [4.78, 5) is 0. The summed E-state index contributed by atoms with van der Waals surface area (Å²) in [5, 5.41) is 22.6. The number of furan rings is 6. The monoisotopic (exact) mass is 1350 g/mol. The van der Waals surface area contributed by atoms with Crippen molar-refractivity contribution in [3.8, 4) is 66.8 Å². The Kier molecular flexibility index (Phi) is 12.5. The molecule has 0 saturated heterocycles. The molecule has 0 N–H and O–H groups in total. The zero-order valence-electron chi connectivity index (χ0n) is 56.8. The van der Waals surface area contributed by atoms with Crippen molar-refractivity contribution >= 4 is 175 Å². The summed E-state index contributed by atoms with van der Waals surface area (Å²) >= 11 is 0. The molecule has 0 fully saturated rings. The summed E-state index contributed by atoms with van der Waals surface area (Å²) in [6, 6.07) is 120. The average Bonchev–Trinajstić information content (AvgIpc) is 1.59. The third kappa shape index (κ3) is 8.49. The number of benzene rings is 18.